The van der Waals surface area contributed by atoms with Crippen molar-refractivity contribution in [1.82, 2.24) is 15.5 Å². The Morgan fingerprint density at radius 1 is 1.03 bits per heavy atom. The predicted octanol–water partition coefficient (Wildman–Crippen LogP) is 3.39. The van der Waals surface area contributed by atoms with Crippen molar-refractivity contribution in [3.63, 3.8) is 0 Å². The van der Waals surface area contributed by atoms with Crippen molar-refractivity contribution < 1.29 is 19.5 Å². The third kappa shape index (κ3) is 5.08. The smallest absolute Gasteiger partial charge is 0.250 e. The maximum Gasteiger partial charge on any atom is 0.250 e. The van der Waals surface area contributed by atoms with Crippen LogP contribution in [-0.2, 0) is 20.8 Å². The molecule has 7 heteroatoms. The van der Waals surface area contributed by atoms with Gasteiger partial charge in [0.15, 0.2) is 0 Å². The number of aryl methyl sites for hydroxylation is 1. The number of nitrogens with zero attached hydrogens (tertiary/aromatic N) is 1. The minimum absolute atomic E-state index is 0.0146. The molecule has 7 nitrogen and oxygen atoms in total. The van der Waals surface area contributed by atoms with Crippen LogP contribution in [0.4, 0.5) is 0 Å². The molecule has 1 fully saturated rings. The summed E-state index contributed by atoms with van der Waals surface area (Å²) in [6.07, 6.45) is 4.19. The van der Waals surface area contributed by atoms with Gasteiger partial charge in [0, 0.05) is 12.5 Å². The van der Waals surface area contributed by atoms with Gasteiger partial charge in [-0.3, -0.25) is 14.4 Å². The highest BCUT2D eigenvalue weighted by Crippen LogP contribution is 2.31. The number of likely N-dealkylation sites (tertiary alicyclic amines) is 1. The van der Waals surface area contributed by atoms with Crippen LogP contribution in [-0.4, -0.2) is 40.3 Å². The molecule has 2 aromatic carbocycles. The number of carbonyl (C=O) groups is 3. The van der Waals surface area contributed by atoms with Crippen molar-refractivity contribution >= 4 is 17.7 Å². The van der Waals surface area contributed by atoms with Crippen LogP contribution in [0.25, 0.3) is 0 Å². The summed E-state index contributed by atoms with van der Waals surface area (Å²) in [4.78, 5) is 41.1. The maximum absolute atomic E-state index is 13.7. The normalized spacial score (nSPS) is 20.5. The van der Waals surface area contributed by atoms with Crippen LogP contribution in [0.1, 0.15) is 68.3 Å². The molecule has 180 valence electrons. The number of amides is 3. The largest absolute Gasteiger partial charge is 0.508 e. The molecule has 0 aromatic heterocycles. The number of carbonyl (C=O) groups excluding carboxylic acids is 3. The number of benzene rings is 2. The van der Waals surface area contributed by atoms with E-state index >= 15 is 0 Å². The van der Waals surface area contributed by atoms with Crippen LogP contribution >= 0.6 is 0 Å². The molecule has 34 heavy (non-hydrogen) atoms. The van der Waals surface area contributed by atoms with Crippen LogP contribution in [0.5, 0.6) is 5.75 Å². The first-order chi connectivity index (χ1) is 16.3. The van der Waals surface area contributed by atoms with Crippen molar-refractivity contribution in [1.29, 1.82) is 0 Å². The lowest BCUT2D eigenvalue weighted by Crippen LogP contribution is -2.51. The first-order valence-corrected chi connectivity index (χ1v) is 12.1. The zero-order chi connectivity index (χ0) is 24.2. The van der Waals surface area contributed by atoms with Gasteiger partial charge in [0.25, 0.3) is 0 Å². The second kappa shape index (κ2) is 10.3. The molecule has 0 unspecified atom stereocenters. The van der Waals surface area contributed by atoms with E-state index in [9.17, 15) is 19.5 Å². The van der Waals surface area contributed by atoms with Crippen molar-refractivity contribution in [3.8, 4) is 5.75 Å². The fourth-order valence-electron chi connectivity index (χ4n) is 4.94. The molecule has 2 aliphatic rings. The Hall–Kier alpha value is -3.35. The van der Waals surface area contributed by atoms with E-state index in [0.717, 1.165) is 31.2 Å². The van der Waals surface area contributed by atoms with Gasteiger partial charge in [0.1, 0.15) is 17.8 Å². The quantitative estimate of drug-likeness (QED) is 0.612. The Bertz CT molecular complexity index is 1070. The molecule has 2 aromatic rings. The average molecular weight is 464 g/mol. The molecule has 4 rings (SSSR count). The summed E-state index contributed by atoms with van der Waals surface area (Å²) in [7, 11) is 0. The summed E-state index contributed by atoms with van der Waals surface area (Å²) >= 11 is 0. The van der Waals surface area contributed by atoms with Gasteiger partial charge >= 0.3 is 0 Å². The molecule has 1 aliphatic heterocycles. The van der Waals surface area contributed by atoms with Gasteiger partial charge in [-0.1, -0.05) is 50.2 Å². The minimum Gasteiger partial charge on any atom is -0.508 e. The lowest BCUT2D eigenvalue weighted by Gasteiger charge is -2.32. The monoisotopic (exact) mass is 463 g/mol. The number of aromatic hydroxyl groups is 1. The van der Waals surface area contributed by atoms with E-state index < -0.39 is 12.1 Å². The van der Waals surface area contributed by atoms with Crippen LogP contribution in [0.3, 0.4) is 0 Å². The number of rotatable bonds is 6. The number of hydrogen-bond acceptors (Lipinski definition) is 4. The number of fused-ring (bicyclic) bond motifs is 1. The van der Waals surface area contributed by atoms with Gasteiger partial charge in [0.05, 0.1) is 6.04 Å². The Labute approximate surface area is 200 Å². The van der Waals surface area contributed by atoms with Crippen molar-refractivity contribution in [2.75, 3.05) is 6.54 Å². The first kappa shape index (κ1) is 23.8. The van der Waals surface area contributed by atoms with E-state index in [4.69, 9.17) is 0 Å². The number of phenolic OH excluding ortho intramolecular Hbond substituents is 1. The summed E-state index contributed by atoms with van der Waals surface area (Å²) < 4.78 is 0. The second-order valence-electron chi connectivity index (χ2n) is 9.53. The van der Waals surface area contributed by atoms with Crippen molar-refractivity contribution in [2.45, 2.75) is 64.1 Å². The summed E-state index contributed by atoms with van der Waals surface area (Å²) in [5.74, 6) is -1.04. The fourth-order valence-corrected chi connectivity index (χ4v) is 4.94. The topological polar surface area (TPSA) is 98.7 Å². The summed E-state index contributed by atoms with van der Waals surface area (Å²) in [6, 6.07) is 12.9. The summed E-state index contributed by atoms with van der Waals surface area (Å²) in [5, 5.41) is 16.0. The maximum atomic E-state index is 13.7. The number of phenols is 1. The van der Waals surface area contributed by atoms with Gasteiger partial charge in [-0.25, -0.2) is 0 Å². The second-order valence-corrected chi connectivity index (χ2v) is 9.53. The minimum atomic E-state index is -0.967. The van der Waals surface area contributed by atoms with E-state index in [1.54, 1.807) is 30.9 Å². The van der Waals surface area contributed by atoms with Gasteiger partial charge in [-0.2, -0.15) is 0 Å². The van der Waals surface area contributed by atoms with Crippen LogP contribution in [0.2, 0.25) is 0 Å². The molecular formula is C27H33N3O4. The first-order valence-electron chi connectivity index (χ1n) is 12.1. The molecule has 3 amide bonds. The zero-order valence-electron chi connectivity index (χ0n) is 19.8. The highest BCUT2D eigenvalue weighted by Gasteiger charge is 2.39. The third-order valence-electron chi connectivity index (χ3n) is 6.79. The zero-order valence-corrected chi connectivity index (χ0v) is 19.8. The highest BCUT2D eigenvalue weighted by molar-refractivity contribution is 5.93. The Morgan fingerprint density at radius 2 is 1.82 bits per heavy atom. The lowest BCUT2D eigenvalue weighted by molar-refractivity contribution is -0.142. The standard InChI is InChI=1S/C27H33N3O4/c1-17(2)25(32)29-24(19-10-5-11-20(31)16-19)27(34)30-15-7-14-23(30)26(33)28-22-13-6-9-18-8-3-4-12-21(18)22/h3-5,8,10-12,16-17,22-24,31H,6-7,9,13-15H2,1-2H3,(H,28,33)(H,29,32)/t22-,23+,24+/m1/s1. The van der Waals surface area contributed by atoms with Gasteiger partial charge in [-0.15, -0.1) is 0 Å². The van der Waals surface area contributed by atoms with E-state index in [0.29, 0.717) is 18.5 Å². The van der Waals surface area contributed by atoms with Gasteiger partial charge in [0.2, 0.25) is 17.7 Å². The van der Waals surface area contributed by atoms with Crippen LogP contribution in [0, 0.1) is 5.92 Å². The van der Waals surface area contributed by atoms with Crippen LogP contribution in [0.15, 0.2) is 48.5 Å². The molecule has 0 saturated carbocycles. The van der Waals surface area contributed by atoms with E-state index in [1.165, 1.54) is 17.7 Å². The molecule has 3 atom stereocenters. The van der Waals surface area contributed by atoms with Crippen molar-refractivity contribution in [2.24, 2.45) is 5.92 Å². The van der Waals surface area contributed by atoms with Gasteiger partial charge < -0.3 is 20.6 Å². The van der Waals surface area contributed by atoms with E-state index in [-0.39, 0.29) is 35.4 Å². The van der Waals surface area contributed by atoms with Crippen LogP contribution < -0.4 is 10.6 Å². The molecule has 0 radical (unpaired) electrons. The third-order valence-corrected chi connectivity index (χ3v) is 6.79. The highest BCUT2D eigenvalue weighted by atomic mass is 16.3. The summed E-state index contributed by atoms with van der Waals surface area (Å²) in [6.45, 7) is 3.96. The molecular weight excluding hydrogens is 430 g/mol. The number of hydrogen-bond donors (Lipinski definition) is 3. The fraction of sp³-hybridized carbons (Fsp3) is 0.444. The van der Waals surface area contributed by atoms with Gasteiger partial charge in [-0.05, 0) is 60.9 Å². The lowest BCUT2D eigenvalue weighted by atomic mass is 9.87. The van der Waals surface area contributed by atoms with E-state index in [2.05, 4.69) is 22.8 Å². The van der Waals surface area contributed by atoms with E-state index in [1.807, 2.05) is 12.1 Å². The average Bonchev–Trinajstić information content (AvgIpc) is 3.32. The Balaban J connectivity index is 1.54. The Morgan fingerprint density at radius 3 is 2.59 bits per heavy atom. The Kier molecular flexibility index (Phi) is 7.20. The molecule has 0 bridgehead atoms. The molecule has 1 heterocycles. The molecule has 1 aliphatic carbocycles. The SMILES string of the molecule is CC(C)C(=O)N[C@H](C(=O)N1CCC[C@H]1C(=O)N[C@@H]1CCCc2ccccc21)c1cccc(O)c1. The molecule has 3 N–H and O–H groups in total. The number of nitrogens with one attached hydrogen (secondary N) is 2. The summed E-state index contributed by atoms with van der Waals surface area (Å²) in [5.41, 5.74) is 2.91. The van der Waals surface area contributed by atoms with Crippen molar-refractivity contribution in [3.05, 3.63) is 65.2 Å². The molecule has 1 saturated heterocycles. The predicted molar refractivity (Wildman–Crippen MR) is 129 cm³/mol. The molecule has 0 spiro atoms.